The number of para-hydroxylation sites is 1. The number of aryl methyl sites for hydroxylation is 1. The van der Waals surface area contributed by atoms with Gasteiger partial charge >= 0.3 is 0 Å². The van der Waals surface area contributed by atoms with E-state index in [4.69, 9.17) is 4.42 Å². The van der Waals surface area contributed by atoms with E-state index in [2.05, 4.69) is 6.92 Å². The van der Waals surface area contributed by atoms with E-state index >= 15 is 0 Å². The third kappa shape index (κ3) is 1.94. The van der Waals surface area contributed by atoms with Crippen LogP contribution < -0.4 is 5.43 Å². The topological polar surface area (TPSA) is 30.2 Å². The van der Waals surface area contributed by atoms with Gasteiger partial charge in [-0.2, -0.15) is 0 Å². The molecule has 2 aromatic rings. The van der Waals surface area contributed by atoms with Crippen molar-refractivity contribution in [2.75, 3.05) is 0 Å². The number of unbranched alkanes of at least 4 members (excludes halogenated alkanes) is 1. The van der Waals surface area contributed by atoms with Gasteiger partial charge in [-0.05, 0) is 25.0 Å². The third-order valence-electron chi connectivity index (χ3n) is 2.45. The molecule has 1 aromatic heterocycles. The van der Waals surface area contributed by atoms with Gasteiger partial charge in [0, 0.05) is 5.56 Å². The zero-order valence-corrected chi connectivity index (χ0v) is 8.53. The summed E-state index contributed by atoms with van der Waals surface area (Å²) >= 11 is 0. The summed E-state index contributed by atoms with van der Waals surface area (Å²) in [6.45, 7) is 3.76. The van der Waals surface area contributed by atoms with Crippen LogP contribution in [0, 0.1) is 6.92 Å². The molecule has 77 valence electrons. The van der Waals surface area contributed by atoms with Crippen molar-refractivity contribution in [3.63, 3.8) is 0 Å². The molecule has 0 aliphatic carbocycles. The minimum atomic E-state index is 0.0882. The van der Waals surface area contributed by atoms with E-state index in [-0.39, 0.29) is 5.43 Å². The van der Waals surface area contributed by atoms with Crippen LogP contribution in [-0.2, 0) is 6.42 Å². The lowest BCUT2D eigenvalue weighted by Crippen LogP contribution is -2.08. The van der Waals surface area contributed by atoms with Crippen LogP contribution >= 0.6 is 0 Å². The molecule has 15 heavy (non-hydrogen) atoms. The number of fused-ring (bicyclic) bond motifs is 1. The molecule has 0 amide bonds. The number of hydrogen-bond donors (Lipinski definition) is 0. The van der Waals surface area contributed by atoms with E-state index in [0.717, 1.165) is 24.8 Å². The Hall–Kier alpha value is -1.57. The second kappa shape index (κ2) is 4.30. The molecular formula is C13H13O2. The fraction of sp³-hybridized carbons (Fsp3) is 0.231. The maximum Gasteiger partial charge on any atom is 0.195 e. The van der Waals surface area contributed by atoms with Crippen molar-refractivity contribution < 1.29 is 4.42 Å². The third-order valence-corrected chi connectivity index (χ3v) is 2.45. The van der Waals surface area contributed by atoms with Crippen LogP contribution in [0.1, 0.15) is 18.4 Å². The Morgan fingerprint density at radius 3 is 2.87 bits per heavy atom. The van der Waals surface area contributed by atoms with Gasteiger partial charge in [0.25, 0.3) is 0 Å². The summed E-state index contributed by atoms with van der Waals surface area (Å²) in [6.07, 6.45) is 4.08. The second-order valence-electron chi connectivity index (χ2n) is 3.54. The first-order valence-corrected chi connectivity index (χ1v) is 5.11. The summed E-state index contributed by atoms with van der Waals surface area (Å²) in [4.78, 5) is 12.0. The molecule has 0 spiro atoms. The molecule has 0 N–H and O–H groups in total. The largest absolute Gasteiger partial charge is 0.464 e. The predicted octanol–water partition coefficient (Wildman–Crippen LogP) is 2.95. The summed E-state index contributed by atoms with van der Waals surface area (Å²) in [5, 5.41) is 0.666. The molecule has 1 radical (unpaired) electrons. The van der Waals surface area contributed by atoms with E-state index in [1.165, 1.54) is 0 Å². The standard InChI is InChI=1S/C13H13O2/c1-2-3-6-10-9-15-12-8-5-4-7-11(12)13(10)14/h4-5,7-9H,1-3,6H2. The van der Waals surface area contributed by atoms with Crippen molar-refractivity contribution in [1.29, 1.82) is 0 Å². The summed E-state index contributed by atoms with van der Waals surface area (Å²) in [6, 6.07) is 7.32. The van der Waals surface area contributed by atoms with Gasteiger partial charge in [-0.15, -0.1) is 0 Å². The zero-order valence-electron chi connectivity index (χ0n) is 8.53. The fourth-order valence-corrected chi connectivity index (χ4v) is 1.61. The van der Waals surface area contributed by atoms with E-state index < -0.39 is 0 Å². The molecule has 0 unspecified atom stereocenters. The molecule has 0 bridgehead atoms. The van der Waals surface area contributed by atoms with Crippen molar-refractivity contribution in [2.24, 2.45) is 0 Å². The Morgan fingerprint density at radius 1 is 1.27 bits per heavy atom. The van der Waals surface area contributed by atoms with Crippen LogP contribution in [-0.4, -0.2) is 0 Å². The van der Waals surface area contributed by atoms with Crippen molar-refractivity contribution in [1.82, 2.24) is 0 Å². The predicted molar refractivity (Wildman–Crippen MR) is 60.8 cm³/mol. The molecule has 0 fully saturated rings. The SMILES string of the molecule is [CH2]CCCc1coc2ccccc2c1=O. The highest BCUT2D eigenvalue weighted by Gasteiger charge is 2.05. The Bertz CT molecular complexity index is 511. The van der Waals surface area contributed by atoms with Crippen LogP contribution in [0.5, 0.6) is 0 Å². The quantitative estimate of drug-likeness (QED) is 0.764. The summed E-state index contributed by atoms with van der Waals surface area (Å²) in [7, 11) is 0. The van der Waals surface area contributed by atoms with Gasteiger partial charge in [0.05, 0.1) is 11.6 Å². The summed E-state index contributed by atoms with van der Waals surface area (Å²) in [5.41, 5.74) is 1.49. The first-order chi connectivity index (χ1) is 7.33. The normalized spacial score (nSPS) is 10.7. The average molecular weight is 201 g/mol. The number of benzene rings is 1. The lowest BCUT2D eigenvalue weighted by atomic mass is 10.1. The minimum absolute atomic E-state index is 0.0882. The highest BCUT2D eigenvalue weighted by molar-refractivity contribution is 5.76. The molecular weight excluding hydrogens is 188 g/mol. The van der Waals surface area contributed by atoms with Crippen LogP contribution in [0.15, 0.2) is 39.7 Å². The monoisotopic (exact) mass is 201 g/mol. The highest BCUT2D eigenvalue weighted by Crippen LogP contribution is 2.11. The van der Waals surface area contributed by atoms with Gasteiger partial charge in [-0.3, -0.25) is 4.79 Å². The molecule has 0 aliphatic heterocycles. The fourth-order valence-electron chi connectivity index (χ4n) is 1.61. The van der Waals surface area contributed by atoms with Crippen LogP contribution in [0.25, 0.3) is 11.0 Å². The smallest absolute Gasteiger partial charge is 0.195 e. The second-order valence-corrected chi connectivity index (χ2v) is 3.54. The van der Waals surface area contributed by atoms with Gasteiger partial charge in [0.1, 0.15) is 5.58 Å². The first kappa shape index (κ1) is 9.97. The maximum absolute atomic E-state index is 12.0. The van der Waals surface area contributed by atoms with Gasteiger partial charge < -0.3 is 4.42 Å². The molecule has 0 saturated heterocycles. The zero-order chi connectivity index (χ0) is 10.7. The minimum Gasteiger partial charge on any atom is -0.464 e. The van der Waals surface area contributed by atoms with Crippen LogP contribution in [0.4, 0.5) is 0 Å². The van der Waals surface area contributed by atoms with Gasteiger partial charge in [0.15, 0.2) is 5.43 Å². The van der Waals surface area contributed by atoms with Gasteiger partial charge in [-0.1, -0.05) is 25.5 Å². The molecule has 1 aromatic carbocycles. The molecule has 0 atom stereocenters. The molecule has 0 saturated carbocycles. The Kier molecular flexibility index (Phi) is 2.86. The van der Waals surface area contributed by atoms with Crippen molar-refractivity contribution in [2.45, 2.75) is 19.3 Å². The van der Waals surface area contributed by atoms with E-state index in [1.807, 2.05) is 18.2 Å². The average Bonchev–Trinajstić information content (AvgIpc) is 2.29. The summed E-state index contributed by atoms with van der Waals surface area (Å²) < 4.78 is 5.40. The van der Waals surface area contributed by atoms with Crippen molar-refractivity contribution in [3.8, 4) is 0 Å². The Labute approximate surface area is 88.5 Å². The Balaban J connectivity index is 2.51. The Morgan fingerprint density at radius 2 is 2.07 bits per heavy atom. The van der Waals surface area contributed by atoms with E-state index in [9.17, 15) is 4.79 Å². The first-order valence-electron chi connectivity index (χ1n) is 5.11. The van der Waals surface area contributed by atoms with Crippen LogP contribution in [0.2, 0.25) is 0 Å². The molecule has 2 nitrogen and oxygen atoms in total. The van der Waals surface area contributed by atoms with Crippen molar-refractivity contribution >= 4 is 11.0 Å². The van der Waals surface area contributed by atoms with Crippen LogP contribution in [0.3, 0.4) is 0 Å². The molecule has 1 heterocycles. The molecule has 2 rings (SSSR count). The molecule has 0 aliphatic rings. The number of hydrogen-bond acceptors (Lipinski definition) is 2. The number of rotatable bonds is 3. The van der Waals surface area contributed by atoms with Gasteiger partial charge in [0.2, 0.25) is 0 Å². The maximum atomic E-state index is 12.0. The van der Waals surface area contributed by atoms with Crippen molar-refractivity contribution in [3.05, 3.63) is 53.2 Å². The molecule has 2 heteroatoms. The lowest BCUT2D eigenvalue weighted by Gasteiger charge is -2.00. The highest BCUT2D eigenvalue weighted by atomic mass is 16.3. The lowest BCUT2D eigenvalue weighted by molar-refractivity contribution is 0.590. The van der Waals surface area contributed by atoms with Gasteiger partial charge in [-0.25, -0.2) is 0 Å². The summed E-state index contributed by atoms with van der Waals surface area (Å²) in [5.74, 6) is 0. The van der Waals surface area contributed by atoms with E-state index in [0.29, 0.717) is 11.0 Å². The van der Waals surface area contributed by atoms with E-state index in [1.54, 1.807) is 12.3 Å².